The first-order valence-electron chi connectivity index (χ1n) is 8.27. The summed E-state index contributed by atoms with van der Waals surface area (Å²) < 4.78 is 1.84. The van der Waals surface area contributed by atoms with Gasteiger partial charge in [-0.1, -0.05) is 44.2 Å². The van der Waals surface area contributed by atoms with Gasteiger partial charge in [-0.2, -0.15) is 5.10 Å². The van der Waals surface area contributed by atoms with E-state index in [1.807, 2.05) is 28.8 Å². The van der Waals surface area contributed by atoms with Gasteiger partial charge in [0.2, 0.25) is 5.91 Å². The summed E-state index contributed by atoms with van der Waals surface area (Å²) in [4.78, 5) is 14.6. The number of likely N-dealkylation sites (tertiary alicyclic amines) is 1. The van der Waals surface area contributed by atoms with Gasteiger partial charge in [-0.05, 0) is 23.5 Å². The minimum atomic E-state index is 0.115. The molecule has 0 spiro atoms. The second-order valence-electron chi connectivity index (χ2n) is 7.17. The number of hydrogen-bond acceptors (Lipinski definition) is 2. The van der Waals surface area contributed by atoms with Crippen molar-refractivity contribution in [3.8, 4) is 0 Å². The monoisotopic (exact) mass is 311 g/mol. The molecule has 0 aliphatic carbocycles. The molecule has 0 N–H and O–H groups in total. The van der Waals surface area contributed by atoms with Crippen LogP contribution in [0.5, 0.6) is 0 Å². The van der Waals surface area contributed by atoms with E-state index >= 15 is 0 Å². The number of amides is 1. The molecule has 0 bridgehead atoms. The van der Waals surface area contributed by atoms with E-state index in [1.165, 1.54) is 5.56 Å². The molecule has 122 valence electrons. The molecule has 1 aliphatic rings. The fourth-order valence-electron chi connectivity index (χ4n) is 3.61. The van der Waals surface area contributed by atoms with Crippen LogP contribution in [0.25, 0.3) is 0 Å². The second-order valence-corrected chi connectivity index (χ2v) is 7.17. The van der Waals surface area contributed by atoms with Crippen molar-refractivity contribution in [1.82, 2.24) is 14.7 Å². The Bertz CT molecular complexity index is 675. The number of carbonyl (C=O) groups excluding carboxylic acids is 1. The molecule has 2 aromatic rings. The average molecular weight is 311 g/mol. The molecule has 1 aliphatic heterocycles. The number of rotatable bonds is 4. The summed E-state index contributed by atoms with van der Waals surface area (Å²) in [6.45, 7) is 6.18. The van der Waals surface area contributed by atoms with Crippen molar-refractivity contribution < 1.29 is 4.79 Å². The Morgan fingerprint density at radius 1 is 1.26 bits per heavy atom. The van der Waals surface area contributed by atoms with Crippen LogP contribution in [0.3, 0.4) is 0 Å². The van der Waals surface area contributed by atoms with Gasteiger partial charge in [0.05, 0.1) is 0 Å². The van der Waals surface area contributed by atoms with Crippen molar-refractivity contribution in [1.29, 1.82) is 0 Å². The highest BCUT2D eigenvalue weighted by Crippen LogP contribution is 2.42. The minimum Gasteiger partial charge on any atom is -0.341 e. The highest BCUT2D eigenvalue weighted by atomic mass is 16.2. The van der Waals surface area contributed by atoms with E-state index in [2.05, 4.69) is 43.2 Å². The Morgan fingerprint density at radius 3 is 2.65 bits per heavy atom. The second kappa shape index (κ2) is 6.19. The van der Waals surface area contributed by atoms with Crippen LogP contribution in [0.15, 0.2) is 42.6 Å². The summed E-state index contributed by atoms with van der Waals surface area (Å²) in [5.41, 5.74) is 2.56. The zero-order valence-electron chi connectivity index (χ0n) is 14.2. The highest BCUT2D eigenvalue weighted by Gasteiger charge is 2.41. The molecule has 1 amide bonds. The number of aryl methyl sites for hydroxylation is 2. The molecule has 1 aromatic carbocycles. The third-order valence-electron chi connectivity index (χ3n) is 5.02. The quantitative estimate of drug-likeness (QED) is 0.870. The van der Waals surface area contributed by atoms with E-state index in [4.69, 9.17) is 0 Å². The maximum absolute atomic E-state index is 12.6. The first kappa shape index (κ1) is 15.8. The van der Waals surface area contributed by atoms with Gasteiger partial charge in [0.25, 0.3) is 0 Å². The van der Waals surface area contributed by atoms with Crippen molar-refractivity contribution in [2.24, 2.45) is 12.5 Å². The Kier molecular flexibility index (Phi) is 4.24. The van der Waals surface area contributed by atoms with Gasteiger partial charge in [-0.15, -0.1) is 0 Å². The van der Waals surface area contributed by atoms with Crippen LogP contribution >= 0.6 is 0 Å². The van der Waals surface area contributed by atoms with Crippen LogP contribution in [0.2, 0.25) is 0 Å². The van der Waals surface area contributed by atoms with Gasteiger partial charge in [-0.3, -0.25) is 9.48 Å². The zero-order valence-corrected chi connectivity index (χ0v) is 14.2. The normalized spacial score (nSPS) is 20.0. The van der Waals surface area contributed by atoms with Gasteiger partial charge >= 0.3 is 0 Å². The van der Waals surface area contributed by atoms with Gasteiger partial charge in [0.15, 0.2) is 0 Å². The fourth-order valence-corrected chi connectivity index (χ4v) is 3.61. The number of aromatic nitrogens is 2. The van der Waals surface area contributed by atoms with E-state index in [1.54, 1.807) is 6.20 Å². The molecule has 0 radical (unpaired) electrons. The number of carbonyl (C=O) groups is 1. The lowest BCUT2D eigenvalue weighted by molar-refractivity contribution is -0.130. The van der Waals surface area contributed by atoms with Crippen LogP contribution < -0.4 is 0 Å². The summed E-state index contributed by atoms with van der Waals surface area (Å²) in [6, 6.07) is 12.5. The van der Waals surface area contributed by atoms with Crippen molar-refractivity contribution >= 4 is 5.91 Å². The molecule has 1 saturated heterocycles. The smallest absolute Gasteiger partial charge is 0.222 e. The molecule has 1 unspecified atom stereocenters. The molecule has 2 heterocycles. The predicted molar refractivity (Wildman–Crippen MR) is 91.1 cm³/mol. The number of nitrogens with zero attached hydrogens (tertiary/aromatic N) is 3. The summed E-state index contributed by atoms with van der Waals surface area (Å²) in [6.07, 6.45) is 3.09. The summed E-state index contributed by atoms with van der Waals surface area (Å²) in [5, 5.41) is 4.16. The van der Waals surface area contributed by atoms with E-state index in [0.29, 0.717) is 12.3 Å². The number of benzene rings is 1. The van der Waals surface area contributed by atoms with E-state index in [0.717, 1.165) is 25.2 Å². The third kappa shape index (κ3) is 3.31. The summed E-state index contributed by atoms with van der Waals surface area (Å²) in [5.74, 6) is 0.655. The molecule has 1 atom stereocenters. The van der Waals surface area contributed by atoms with Crippen LogP contribution in [-0.2, 0) is 18.3 Å². The van der Waals surface area contributed by atoms with Crippen LogP contribution in [0.1, 0.15) is 37.4 Å². The molecule has 23 heavy (non-hydrogen) atoms. The van der Waals surface area contributed by atoms with Gasteiger partial charge in [0.1, 0.15) is 0 Å². The molecule has 1 fully saturated rings. The predicted octanol–water partition coefficient (Wildman–Crippen LogP) is 3.00. The molecule has 1 aromatic heterocycles. The summed E-state index contributed by atoms with van der Waals surface area (Å²) in [7, 11) is 1.92. The maximum atomic E-state index is 12.6. The van der Waals surface area contributed by atoms with Crippen molar-refractivity contribution in [2.45, 2.75) is 32.6 Å². The highest BCUT2D eigenvalue weighted by molar-refractivity contribution is 5.77. The Morgan fingerprint density at radius 2 is 2.00 bits per heavy atom. The Labute approximate surface area is 138 Å². The average Bonchev–Trinajstić information content (AvgIpc) is 3.08. The zero-order chi connectivity index (χ0) is 16.4. The Hall–Kier alpha value is -2.10. The molecule has 0 saturated carbocycles. The minimum absolute atomic E-state index is 0.115. The first-order chi connectivity index (χ1) is 11.0. The van der Waals surface area contributed by atoms with Crippen LogP contribution in [0.4, 0.5) is 0 Å². The van der Waals surface area contributed by atoms with E-state index in [-0.39, 0.29) is 11.3 Å². The number of hydrogen-bond donors (Lipinski definition) is 0. The standard InChI is InChI=1S/C19H25N3O/c1-19(2)14-22(13-17(19)15-7-5-4-6-8-15)18(23)10-9-16-11-12-20-21(16)3/h4-8,11-12,17H,9-10,13-14H2,1-3H3. The topological polar surface area (TPSA) is 38.1 Å². The maximum Gasteiger partial charge on any atom is 0.222 e. The summed E-state index contributed by atoms with van der Waals surface area (Å²) >= 11 is 0. The van der Waals surface area contributed by atoms with Gasteiger partial charge in [0, 0.05) is 44.4 Å². The molecule has 3 rings (SSSR count). The van der Waals surface area contributed by atoms with E-state index in [9.17, 15) is 4.79 Å². The van der Waals surface area contributed by atoms with Crippen molar-refractivity contribution in [2.75, 3.05) is 13.1 Å². The molecular weight excluding hydrogens is 286 g/mol. The lowest BCUT2D eigenvalue weighted by Crippen LogP contribution is -2.30. The SMILES string of the molecule is Cn1nccc1CCC(=O)N1CC(c2ccccc2)C(C)(C)C1. The van der Waals surface area contributed by atoms with Gasteiger partial charge in [-0.25, -0.2) is 0 Å². The van der Waals surface area contributed by atoms with Crippen LogP contribution in [0, 0.1) is 5.41 Å². The van der Waals surface area contributed by atoms with E-state index < -0.39 is 0 Å². The molecule has 4 nitrogen and oxygen atoms in total. The lowest BCUT2D eigenvalue weighted by atomic mass is 9.78. The van der Waals surface area contributed by atoms with Crippen LogP contribution in [-0.4, -0.2) is 33.7 Å². The lowest BCUT2D eigenvalue weighted by Gasteiger charge is -2.25. The Balaban J connectivity index is 1.65. The fraction of sp³-hybridized carbons (Fsp3) is 0.474. The molecular formula is C19H25N3O. The third-order valence-corrected chi connectivity index (χ3v) is 5.02. The van der Waals surface area contributed by atoms with Crippen molar-refractivity contribution in [3.05, 3.63) is 53.9 Å². The van der Waals surface area contributed by atoms with Crippen molar-refractivity contribution in [3.63, 3.8) is 0 Å². The van der Waals surface area contributed by atoms with Gasteiger partial charge < -0.3 is 4.90 Å². The molecule has 4 heteroatoms. The first-order valence-corrected chi connectivity index (χ1v) is 8.27. The largest absolute Gasteiger partial charge is 0.341 e.